The maximum absolute atomic E-state index is 12.0. The summed E-state index contributed by atoms with van der Waals surface area (Å²) in [7, 11) is -3.61. The van der Waals surface area contributed by atoms with E-state index in [2.05, 4.69) is 4.72 Å². The van der Waals surface area contributed by atoms with Crippen LogP contribution in [0.1, 0.15) is 6.42 Å². The molecule has 5 nitrogen and oxygen atoms in total. The van der Waals surface area contributed by atoms with Crippen LogP contribution in [0, 0.1) is 0 Å². The Morgan fingerprint density at radius 2 is 2.11 bits per heavy atom. The second-order valence-corrected chi connectivity index (χ2v) is 7.38. The molecule has 0 unspecified atom stereocenters. The summed E-state index contributed by atoms with van der Waals surface area (Å²) in [5, 5.41) is 1.32. The topological polar surface area (TPSA) is 89.3 Å². The van der Waals surface area contributed by atoms with E-state index in [-0.39, 0.29) is 17.2 Å². The lowest BCUT2D eigenvalue weighted by Crippen LogP contribution is -2.27. The van der Waals surface area contributed by atoms with E-state index < -0.39 is 15.9 Å². The zero-order valence-electron chi connectivity index (χ0n) is 9.72. The van der Waals surface area contributed by atoms with Crippen LogP contribution < -0.4 is 10.5 Å². The van der Waals surface area contributed by atoms with Gasteiger partial charge in [0.25, 0.3) is 0 Å². The molecule has 0 atom stereocenters. The van der Waals surface area contributed by atoms with Crippen LogP contribution in [0.4, 0.5) is 0 Å². The monoisotopic (exact) mass is 318 g/mol. The van der Waals surface area contributed by atoms with Gasteiger partial charge in [-0.05, 0) is 29.7 Å². The van der Waals surface area contributed by atoms with E-state index in [1.165, 1.54) is 0 Å². The number of primary amides is 1. The highest BCUT2D eigenvalue weighted by Crippen LogP contribution is 2.30. The van der Waals surface area contributed by atoms with Crippen molar-refractivity contribution in [3.05, 3.63) is 29.3 Å². The number of fused-ring (bicyclic) bond motifs is 1. The SMILES string of the molecule is NC(=O)CCNS(=O)(=O)c1cc2cc(Cl)ccc2s1. The Bertz CT molecular complexity index is 725. The highest BCUT2D eigenvalue weighted by atomic mass is 35.5. The van der Waals surface area contributed by atoms with Crippen molar-refractivity contribution in [3.8, 4) is 0 Å². The van der Waals surface area contributed by atoms with E-state index in [1.54, 1.807) is 24.3 Å². The van der Waals surface area contributed by atoms with Gasteiger partial charge in [0.2, 0.25) is 15.9 Å². The van der Waals surface area contributed by atoms with Crippen LogP contribution in [0.3, 0.4) is 0 Å². The van der Waals surface area contributed by atoms with Crippen LogP contribution in [0.25, 0.3) is 10.1 Å². The molecule has 2 rings (SSSR count). The largest absolute Gasteiger partial charge is 0.370 e. The number of amides is 1. The highest BCUT2D eigenvalue weighted by molar-refractivity contribution is 7.91. The first-order valence-corrected chi connectivity index (χ1v) is 8.03. The second kappa shape index (κ2) is 5.46. The number of hydrogen-bond acceptors (Lipinski definition) is 4. The lowest BCUT2D eigenvalue weighted by atomic mass is 10.3. The maximum Gasteiger partial charge on any atom is 0.250 e. The molecule has 19 heavy (non-hydrogen) atoms. The van der Waals surface area contributed by atoms with Gasteiger partial charge in [-0.25, -0.2) is 13.1 Å². The molecule has 2 aromatic rings. The first-order valence-electron chi connectivity index (χ1n) is 5.35. The molecule has 0 fully saturated rings. The van der Waals surface area contributed by atoms with E-state index in [4.69, 9.17) is 17.3 Å². The van der Waals surface area contributed by atoms with E-state index in [0.29, 0.717) is 5.02 Å². The fraction of sp³-hybridized carbons (Fsp3) is 0.182. The summed E-state index contributed by atoms with van der Waals surface area (Å²) in [5.41, 5.74) is 4.95. The van der Waals surface area contributed by atoms with Gasteiger partial charge in [0.1, 0.15) is 4.21 Å². The molecule has 0 aliphatic carbocycles. The minimum Gasteiger partial charge on any atom is -0.370 e. The number of benzene rings is 1. The third kappa shape index (κ3) is 3.44. The van der Waals surface area contributed by atoms with Crippen LogP contribution in [-0.4, -0.2) is 20.9 Å². The average Bonchev–Trinajstić information content (AvgIpc) is 2.71. The Kier molecular flexibility index (Phi) is 4.10. The maximum atomic E-state index is 12.0. The molecule has 0 radical (unpaired) electrons. The van der Waals surface area contributed by atoms with E-state index >= 15 is 0 Å². The van der Waals surface area contributed by atoms with E-state index in [1.807, 2.05) is 0 Å². The first-order chi connectivity index (χ1) is 8.88. The van der Waals surface area contributed by atoms with Crippen molar-refractivity contribution >= 4 is 49.0 Å². The third-order valence-electron chi connectivity index (χ3n) is 2.38. The predicted molar refractivity (Wildman–Crippen MR) is 75.8 cm³/mol. The van der Waals surface area contributed by atoms with E-state index in [0.717, 1.165) is 21.4 Å². The molecular formula is C11H11ClN2O3S2. The van der Waals surface area contributed by atoms with E-state index in [9.17, 15) is 13.2 Å². The number of halogens is 1. The van der Waals surface area contributed by atoms with Gasteiger partial charge >= 0.3 is 0 Å². The number of carbonyl (C=O) groups is 1. The van der Waals surface area contributed by atoms with Crippen LogP contribution in [0.2, 0.25) is 5.02 Å². The van der Waals surface area contributed by atoms with Crippen LogP contribution in [-0.2, 0) is 14.8 Å². The molecule has 0 bridgehead atoms. The molecule has 0 saturated heterocycles. The van der Waals surface area contributed by atoms with Gasteiger partial charge in [0.05, 0.1) is 0 Å². The summed E-state index contributed by atoms with van der Waals surface area (Å²) < 4.78 is 27.3. The summed E-state index contributed by atoms with van der Waals surface area (Å²) in [6.07, 6.45) is -0.0318. The van der Waals surface area contributed by atoms with Gasteiger partial charge in [-0.2, -0.15) is 0 Å². The van der Waals surface area contributed by atoms with Crippen molar-refractivity contribution in [2.45, 2.75) is 10.6 Å². The second-order valence-electron chi connectivity index (χ2n) is 3.86. The molecule has 0 spiro atoms. The van der Waals surface area contributed by atoms with Crippen molar-refractivity contribution in [3.63, 3.8) is 0 Å². The summed E-state index contributed by atoms with van der Waals surface area (Å²) in [6, 6.07) is 6.73. The quantitative estimate of drug-likeness (QED) is 0.879. The molecule has 1 aromatic heterocycles. The third-order valence-corrected chi connectivity index (χ3v) is 5.67. The number of sulfonamides is 1. The zero-order valence-corrected chi connectivity index (χ0v) is 12.1. The molecule has 1 heterocycles. The van der Waals surface area contributed by atoms with Crippen molar-refractivity contribution in [2.75, 3.05) is 6.54 Å². The number of nitrogens with one attached hydrogen (secondary N) is 1. The van der Waals surface area contributed by atoms with Gasteiger partial charge in [-0.1, -0.05) is 11.6 Å². The normalized spacial score (nSPS) is 11.8. The molecular weight excluding hydrogens is 308 g/mol. The zero-order chi connectivity index (χ0) is 14.0. The number of nitrogens with two attached hydrogens (primary N) is 1. The summed E-state index contributed by atoms with van der Waals surface area (Å²) in [5.74, 6) is -0.550. The Morgan fingerprint density at radius 1 is 1.37 bits per heavy atom. The molecule has 1 aromatic carbocycles. The Hall–Kier alpha value is -1.15. The minimum absolute atomic E-state index is 0.00727. The minimum atomic E-state index is -3.61. The van der Waals surface area contributed by atoms with Gasteiger partial charge in [-0.3, -0.25) is 4.79 Å². The predicted octanol–water partition coefficient (Wildman–Crippen LogP) is 1.71. The molecule has 0 aliphatic rings. The highest BCUT2D eigenvalue weighted by Gasteiger charge is 2.17. The summed E-state index contributed by atoms with van der Waals surface area (Å²) in [6.45, 7) is -0.00727. The van der Waals surface area contributed by atoms with Crippen molar-refractivity contribution in [2.24, 2.45) is 5.73 Å². The molecule has 3 N–H and O–H groups in total. The molecule has 102 valence electrons. The molecule has 0 saturated carbocycles. The van der Waals surface area contributed by atoms with Crippen molar-refractivity contribution in [1.29, 1.82) is 0 Å². The van der Waals surface area contributed by atoms with Gasteiger partial charge < -0.3 is 5.73 Å². The standard InChI is InChI=1S/C11H11ClN2O3S2/c12-8-1-2-9-7(5-8)6-11(18-9)19(16,17)14-4-3-10(13)15/h1-2,5-6,14H,3-4H2,(H2,13,15). The average molecular weight is 319 g/mol. The summed E-state index contributed by atoms with van der Waals surface area (Å²) in [4.78, 5) is 10.6. The van der Waals surface area contributed by atoms with Gasteiger partial charge in [0.15, 0.2) is 0 Å². The number of hydrogen-bond donors (Lipinski definition) is 2. The van der Waals surface area contributed by atoms with Crippen molar-refractivity contribution < 1.29 is 13.2 Å². The summed E-state index contributed by atoms with van der Waals surface area (Å²) >= 11 is 7.00. The molecule has 8 heteroatoms. The van der Waals surface area contributed by atoms with Crippen LogP contribution >= 0.6 is 22.9 Å². The fourth-order valence-electron chi connectivity index (χ4n) is 1.50. The lowest BCUT2D eigenvalue weighted by Gasteiger charge is -2.02. The fourth-order valence-corrected chi connectivity index (χ4v) is 4.14. The van der Waals surface area contributed by atoms with Crippen molar-refractivity contribution in [1.82, 2.24) is 4.72 Å². The number of carbonyl (C=O) groups excluding carboxylic acids is 1. The molecule has 1 amide bonds. The molecule has 0 aliphatic heterocycles. The van der Waals surface area contributed by atoms with Crippen LogP contribution in [0.5, 0.6) is 0 Å². The Balaban J connectivity index is 2.25. The van der Waals surface area contributed by atoms with Gasteiger partial charge in [-0.15, -0.1) is 11.3 Å². The number of rotatable bonds is 5. The van der Waals surface area contributed by atoms with Gasteiger partial charge in [0, 0.05) is 22.7 Å². The Morgan fingerprint density at radius 3 is 2.79 bits per heavy atom. The Labute approximate surface area is 119 Å². The first kappa shape index (κ1) is 14.3. The smallest absolute Gasteiger partial charge is 0.250 e. The van der Waals surface area contributed by atoms with Crippen LogP contribution in [0.15, 0.2) is 28.5 Å². The number of thiophene rings is 1. The lowest BCUT2D eigenvalue weighted by molar-refractivity contribution is -0.117.